The Kier molecular flexibility index (Phi) is 4.99. The molecule has 0 saturated heterocycles. The Balaban J connectivity index is 0.00000144. The van der Waals surface area contributed by atoms with Gasteiger partial charge in [-0.1, -0.05) is 6.07 Å². The highest BCUT2D eigenvalue weighted by atomic mass is 28.1. The van der Waals surface area contributed by atoms with Gasteiger partial charge in [0.1, 0.15) is 0 Å². The molecule has 0 N–H and O–H groups in total. The first kappa shape index (κ1) is 11.8. The van der Waals surface area contributed by atoms with E-state index < -0.39 is 0 Å². The van der Waals surface area contributed by atoms with E-state index in [1.165, 1.54) is 0 Å². The number of hydrogen-bond donors (Lipinski definition) is 0. The highest BCUT2D eigenvalue weighted by molar-refractivity contribution is 5.75. The molecule has 0 fully saturated rings. The molecule has 0 saturated carbocycles. The second kappa shape index (κ2) is 5.48. The average Bonchev–Trinajstić information content (AvgIpc) is 2.16. The van der Waals surface area contributed by atoms with Gasteiger partial charge in [0.25, 0.3) is 0 Å². The van der Waals surface area contributed by atoms with Crippen molar-refractivity contribution in [2.24, 2.45) is 0 Å². The summed E-state index contributed by atoms with van der Waals surface area (Å²) in [5.41, 5.74) is 0. The zero-order valence-electron chi connectivity index (χ0n) is 7.46. The smallest absolute Gasteiger partial charge is 0.203 e. The average molecular weight is 200 g/mol. The van der Waals surface area contributed by atoms with Crippen LogP contribution in [0.15, 0.2) is 18.2 Å². The van der Waals surface area contributed by atoms with Gasteiger partial charge in [-0.15, -0.1) is 0 Å². The van der Waals surface area contributed by atoms with Gasteiger partial charge in [0.05, 0.1) is 21.3 Å². The van der Waals surface area contributed by atoms with Crippen molar-refractivity contribution in [1.82, 2.24) is 0 Å². The third-order valence-corrected chi connectivity index (χ3v) is 1.59. The van der Waals surface area contributed by atoms with Crippen LogP contribution in [0.5, 0.6) is 17.2 Å². The summed E-state index contributed by atoms with van der Waals surface area (Å²) in [7, 11) is 4.77. The van der Waals surface area contributed by atoms with Crippen molar-refractivity contribution in [2.75, 3.05) is 21.3 Å². The molecule has 0 aliphatic carbocycles. The van der Waals surface area contributed by atoms with Crippen LogP contribution in [-0.2, 0) is 0 Å². The molecule has 13 heavy (non-hydrogen) atoms. The molecule has 0 radical (unpaired) electrons. The molecule has 0 aliphatic rings. The van der Waals surface area contributed by atoms with Gasteiger partial charge < -0.3 is 14.2 Å². The van der Waals surface area contributed by atoms with Crippen molar-refractivity contribution in [3.63, 3.8) is 0 Å². The van der Waals surface area contributed by atoms with E-state index >= 15 is 0 Å². The molecule has 3 nitrogen and oxygen atoms in total. The fourth-order valence-electron chi connectivity index (χ4n) is 1.02. The molecular formula is C9H16O3Si. The third-order valence-electron chi connectivity index (χ3n) is 1.59. The minimum Gasteiger partial charge on any atom is -0.493 e. The summed E-state index contributed by atoms with van der Waals surface area (Å²) in [4.78, 5) is 0. The number of hydrogen-bond acceptors (Lipinski definition) is 3. The van der Waals surface area contributed by atoms with Crippen molar-refractivity contribution in [3.8, 4) is 17.2 Å². The lowest BCUT2D eigenvalue weighted by atomic mass is 10.3. The van der Waals surface area contributed by atoms with E-state index in [9.17, 15) is 0 Å². The summed E-state index contributed by atoms with van der Waals surface area (Å²) in [5, 5.41) is 0. The fourth-order valence-corrected chi connectivity index (χ4v) is 1.02. The SMILES string of the molecule is COc1cccc(OC)c1OC.[SiH4]. The summed E-state index contributed by atoms with van der Waals surface area (Å²) in [6.45, 7) is 0. The molecule has 0 aromatic heterocycles. The number of benzene rings is 1. The van der Waals surface area contributed by atoms with Crippen LogP contribution in [0.25, 0.3) is 0 Å². The van der Waals surface area contributed by atoms with Crippen LogP contribution in [0, 0.1) is 0 Å². The van der Waals surface area contributed by atoms with Gasteiger partial charge in [-0.2, -0.15) is 0 Å². The predicted molar refractivity (Wildman–Crippen MR) is 57.4 cm³/mol. The predicted octanol–water partition coefficient (Wildman–Crippen LogP) is 0.261. The molecule has 0 atom stereocenters. The first-order valence-corrected chi connectivity index (χ1v) is 3.58. The number of methoxy groups -OCH3 is 3. The molecule has 1 aromatic rings. The Morgan fingerprint density at radius 3 is 1.62 bits per heavy atom. The van der Waals surface area contributed by atoms with Gasteiger partial charge in [-0.3, -0.25) is 0 Å². The second-order valence-electron chi connectivity index (χ2n) is 2.20. The molecular weight excluding hydrogens is 184 g/mol. The summed E-state index contributed by atoms with van der Waals surface area (Å²) >= 11 is 0. The van der Waals surface area contributed by atoms with Crippen LogP contribution < -0.4 is 14.2 Å². The maximum absolute atomic E-state index is 5.11. The summed E-state index contributed by atoms with van der Waals surface area (Å²) in [6, 6.07) is 5.49. The van der Waals surface area contributed by atoms with Gasteiger partial charge in [0.15, 0.2) is 11.5 Å². The van der Waals surface area contributed by atoms with Crippen LogP contribution in [0.2, 0.25) is 0 Å². The zero-order chi connectivity index (χ0) is 8.97. The van der Waals surface area contributed by atoms with Crippen LogP contribution in [0.4, 0.5) is 0 Å². The lowest BCUT2D eigenvalue weighted by molar-refractivity contribution is 0.324. The molecule has 0 bridgehead atoms. The first-order valence-electron chi connectivity index (χ1n) is 3.58. The molecule has 4 heteroatoms. The van der Waals surface area contributed by atoms with Crippen molar-refractivity contribution in [2.45, 2.75) is 0 Å². The minimum atomic E-state index is 0. The summed E-state index contributed by atoms with van der Waals surface area (Å²) in [5.74, 6) is 1.98. The number of para-hydroxylation sites is 1. The summed E-state index contributed by atoms with van der Waals surface area (Å²) in [6.07, 6.45) is 0. The lowest BCUT2D eigenvalue weighted by Gasteiger charge is -2.10. The molecule has 0 heterocycles. The lowest BCUT2D eigenvalue weighted by Crippen LogP contribution is -1.93. The topological polar surface area (TPSA) is 27.7 Å². The van der Waals surface area contributed by atoms with Crippen LogP contribution in [-0.4, -0.2) is 32.3 Å². The monoisotopic (exact) mass is 200 g/mol. The Morgan fingerprint density at radius 2 is 1.31 bits per heavy atom. The van der Waals surface area contributed by atoms with Gasteiger partial charge in [-0.25, -0.2) is 0 Å². The highest BCUT2D eigenvalue weighted by Crippen LogP contribution is 2.35. The van der Waals surface area contributed by atoms with Gasteiger partial charge in [0.2, 0.25) is 5.75 Å². The highest BCUT2D eigenvalue weighted by Gasteiger charge is 2.08. The summed E-state index contributed by atoms with van der Waals surface area (Å²) < 4.78 is 15.3. The molecule has 0 amide bonds. The van der Waals surface area contributed by atoms with E-state index in [2.05, 4.69) is 0 Å². The quantitative estimate of drug-likeness (QED) is 0.655. The first-order chi connectivity index (χ1) is 5.83. The molecule has 0 aliphatic heterocycles. The van der Waals surface area contributed by atoms with Crippen molar-refractivity contribution in [1.29, 1.82) is 0 Å². The van der Waals surface area contributed by atoms with Gasteiger partial charge in [0, 0.05) is 0 Å². The Labute approximate surface area is 82.6 Å². The Bertz CT molecular complexity index is 241. The maximum Gasteiger partial charge on any atom is 0.203 e. The van der Waals surface area contributed by atoms with Crippen molar-refractivity contribution < 1.29 is 14.2 Å². The molecule has 0 spiro atoms. The maximum atomic E-state index is 5.11. The van der Waals surface area contributed by atoms with E-state index in [1.54, 1.807) is 21.3 Å². The largest absolute Gasteiger partial charge is 0.493 e. The third kappa shape index (κ3) is 2.38. The van der Waals surface area contributed by atoms with Gasteiger partial charge in [-0.05, 0) is 23.1 Å². The minimum absolute atomic E-state index is 0. The van der Waals surface area contributed by atoms with E-state index in [0.717, 1.165) is 0 Å². The molecule has 1 rings (SSSR count). The normalized spacial score (nSPS) is 8.54. The van der Waals surface area contributed by atoms with Crippen LogP contribution in [0.1, 0.15) is 0 Å². The molecule has 1 aromatic carbocycles. The van der Waals surface area contributed by atoms with Gasteiger partial charge >= 0.3 is 0 Å². The number of rotatable bonds is 3. The Morgan fingerprint density at radius 1 is 0.846 bits per heavy atom. The standard InChI is InChI=1S/C9H12O3.H4Si/c1-10-7-5-4-6-8(11-2)9(7)12-3;/h4-6H,1-3H3;1H4. The fraction of sp³-hybridized carbons (Fsp3) is 0.333. The van der Waals surface area contributed by atoms with E-state index in [1.807, 2.05) is 18.2 Å². The van der Waals surface area contributed by atoms with Crippen LogP contribution >= 0.6 is 0 Å². The van der Waals surface area contributed by atoms with E-state index in [0.29, 0.717) is 17.2 Å². The number of ether oxygens (including phenoxy) is 3. The second-order valence-corrected chi connectivity index (χ2v) is 2.20. The zero-order valence-corrected chi connectivity index (χ0v) is 7.46. The van der Waals surface area contributed by atoms with Crippen molar-refractivity contribution in [3.05, 3.63) is 18.2 Å². The van der Waals surface area contributed by atoms with E-state index in [-0.39, 0.29) is 11.0 Å². The molecule has 74 valence electrons. The van der Waals surface area contributed by atoms with Crippen LogP contribution in [0.3, 0.4) is 0 Å². The van der Waals surface area contributed by atoms with E-state index in [4.69, 9.17) is 14.2 Å². The Hall–Kier alpha value is -1.16. The van der Waals surface area contributed by atoms with Crippen molar-refractivity contribution >= 4 is 11.0 Å². The molecule has 0 unspecified atom stereocenters.